The molecule has 5 rings (SSSR count). The number of nitrogens with one attached hydrogen (secondary N) is 1. The lowest BCUT2D eigenvalue weighted by molar-refractivity contribution is -0.123. The molecule has 1 aromatic rings. The Hall–Kier alpha value is -0.560. The molecule has 1 aliphatic carbocycles. The van der Waals surface area contributed by atoms with Crippen LogP contribution in [0.25, 0.3) is 0 Å². The molecule has 0 atom stereocenters. The Kier molecular flexibility index (Phi) is 8.05. The van der Waals surface area contributed by atoms with Gasteiger partial charge in [-0.05, 0) is 67.1 Å². The molecule has 0 radical (unpaired) electrons. The minimum atomic E-state index is -0.00998. The third kappa shape index (κ3) is 5.34. The van der Waals surface area contributed by atoms with E-state index < -0.39 is 0 Å². The van der Waals surface area contributed by atoms with Crippen LogP contribution in [-0.2, 0) is 28.0 Å². The van der Waals surface area contributed by atoms with E-state index in [0.29, 0.717) is 12.0 Å². The predicted molar refractivity (Wildman–Crippen MR) is 132 cm³/mol. The SMILES string of the molecule is CC.CCc1cc2c(s1)CCOC21CCN(CC2CC(NC(=O)CC3CSC3)C2)CC1. The van der Waals surface area contributed by atoms with E-state index in [0.717, 1.165) is 70.6 Å². The van der Waals surface area contributed by atoms with Crippen LogP contribution in [0.2, 0.25) is 0 Å². The van der Waals surface area contributed by atoms with Gasteiger partial charge < -0.3 is 15.0 Å². The fourth-order valence-corrected chi connectivity index (χ4v) is 7.46. The average Bonchev–Trinajstić information content (AvgIpc) is 3.17. The number of aryl methyl sites for hydroxylation is 1. The number of piperidine rings is 1. The van der Waals surface area contributed by atoms with Gasteiger partial charge in [-0.2, -0.15) is 11.8 Å². The molecule has 4 nitrogen and oxygen atoms in total. The van der Waals surface area contributed by atoms with Gasteiger partial charge in [0.05, 0.1) is 12.2 Å². The number of amides is 1. The molecule has 0 unspecified atom stereocenters. The van der Waals surface area contributed by atoms with Crippen LogP contribution >= 0.6 is 23.1 Å². The van der Waals surface area contributed by atoms with Crippen molar-refractivity contribution in [1.82, 2.24) is 10.2 Å². The first-order valence-corrected chi connectivity index (χ1v) is 14.5. The highest BCUT2D eigenvalue weighted by Gasteiger charge is 2.42. The lowest BCUT2D eigenvalue weighted by atomic mass is 9.78. The Bertz CT molecular complexity index is 732. The number of hydrogen-bond donors (Lipinski definition) is 1. The van der Waals surface area contributed by atoms with E-state index in [-0.39, 0.29) is 11.5 Å². The molecular formula is C25H40N2O2S2. The summed E-state index contributed by atoms with van der Waals surface area (Å²) in [4.78, 5) is 17.8. The lowest BCUT2D eigenvalue weighted by Gasteiger charge is -2.46. The van der Waals surface area contributed by atoms with Crippen molar-refractivity contribution in [1.29, 1.82) is 0 Å². The van der Waals surface area contributed by atoms with E-state index in [1.165, 1.54) is 28.5 Å². The number of carbonyl (C=O) groups is 1. The van der Waals surface area contributed by atoms with Gasteiger partial charge in [0.15, 0.2) is 0 Å². The highest BCUT2D eigenvalue weighted by molar-refractivity contribution is 8.00. The fourth-order valence-electron chi connectivity index (χ4n) is 5.48. The molecule has 174 valence electrons. The van der Waals surface area contributed by atoms with Crippen molar-refractivity contribution in [3.8, 4) is 0 Å². The highest BCUT2D eigenvalue weighted by Crippen LogP contribution is 2.45. The molecule has 6 heteroatoms. The second-order valence-electron chi connectivity index (χ2n) is 9.51. The Morgan fingerprint density at radius 1 is 1.23 bits per heavy atom. The molecule has 3 fully saturated rings. The topological polar surface area (TPSA) is 41.6 Å². The van der Waals surface area contributed by atoms with E-state index >= 15 is 0 Å². The molecule has 1 saturated carbocycles. The van der Waals surface area contributed by atoms with Crippen LogP contribution in [0.15, 0.2) is 6.07 Å². The number of nitrogens with zero attached hydrogens (tertiary/aromatic N) is 1. The largest absolute Gasteiger partial charge is 0.370 e. The van der Waals surface area contributed by atoms with Crippen LogP contribution in [-0.4, -0.2) is 54.6 Å². The zero-order valence-electron chi connectivity index (χ0n) is 19.6. The number of ether oxygens (including phenoxy) is 1. The number of thiophene rings is 1. The Morgan fingerprint density at radius 3 is 2.61 bits per heavy atom. The molecule has 1 amide bonds. The van der Waals surface area contributed by atoms with Gasteiger partial charge in [0.1, 0.15) is 0 Å². The third-order valence-electron chi connectivity index (χ3n) is 7.37. The van der Waals surface area contributed by atoms with Crippen molar-refractivity contribution >= 4 is 29.0 Å². The minimum Gasteiger partial charge on any atom is -0.370 e. The van der Waals surface area contributed by atoms with Crippen LogP contribution < -0.4 is 5.32 Å². The van der Waals surface area contributed by atoms with Crippen LogP contribution in [0.3, 0.4) is 0 Å². The first kappa shape index (κ1) is 23.6. The molecule has 1 spiro atoms. The summed E-state index contributed by atoms with van der Waals surface area (Å²) in [6.45, 7) is 10.6. The molecule has 0 aromatic carbocycles. The van der Waals surface area contributed by atoms with Gasteiger partial charge in [0.25, 0.3) is 0 Å². The van der Waals surface area contributed by atoms with Crippen molar-refractivity contribution in [3.05, 3.63) is 21.4 Å². The summed E-state index contributed by atoms with van der Waals surface area (Å²) in [7, 11) is 0. The maximum Gasteiger partial charge on any atom is 0.220 e. The van der Waals surface area contributed by atoms with E-state index in [4.69, 9.17) is 4.74 Å². The number of fused-ring (bicyclic) bond motifs is 2. The second kappa shape index (κ2) is 10.6. The van der Waals surface area contributed by atoms with Crippen molar-refractivity contribution in [3.63, 3.8) is 0 Å². The summed E-state index contributed by atoms with van der Waals surface area (Å²) in [6, 6.07) is 2.87. The molecule has 31 heavy (non-hydrogen) atoms. The van der Waals surface area contributed by atoms with E-state index in [2.05, 4.69) is 23.2 Å². The standard InChI is InChI=1S/C23H34N2O2S2.C2H6/c1-2-19-12-20-21(29-19)3-8-27-23(20)4-6-25(7-5-23)13-16-9-18(10-16)24-22(26)11-17-14-28-15-17;1-2/h12,16-18H,2-11,13-15H2,1H3,(H,24,26);1-2H3. The average molecular weight is 465 g/mol. The van der Waals surface area contributed by atoms with E-state index in [9.17, 15) is 4.79 Å². The zero-order valence-corrected chi connectivity index (χ0v) is 21.2. The monoisotopic (exact) mass is 464 g/mol. The van der Waals surface area contributed by atoms with Gasteiger partial charge in [0.2, 0.25) is 5.91 Å². The molecular weight excluding hydrogens is 424 g/mol. The smallest absolute Gasteiger partial charge is 0.220 e. The number of carbonyl (C=O) groups excluding carboxylic acids is 1. The molecule has 2 saturated heterocycles. The van der Waals surface area contributed by atoms with Crippen molar-refractivity contribution in [2.45, 2.75) is 77.4 Å². The van der Waals surface area contributed by atoms with Gasteiger partial charge >= 0.3 is 0 Å². The molecule has 1 aromatic heterocycles. The van der Waals surface area contributed by atoms with Gasteiger partial charge in [0, 0.05) is 48.3 Å². The van der Waals surface area contributed by atoms with Crippen LogP contribution in [0.1, 0.15) is 68.2 Å². The van der Waals surface area contributed by atoms with Gasteiger partial charge in [-0.3, -0.25) is 4.79 Å². The molecule has 0 bridgehead atoms. The third-order valence-corrected chi connectivity index (χ3v) is 10.1. The predicted octanol–water partition coefficient (Wildman–Crippen LogP) is 4.85. The summed E-state index contributed by atoms with van der Waals surface area (Å²) < 4.78 is 6.42. The maximum absolute atomic E-state index is 12.1. The molecule has 1 N–H and O–H groups in total. The fraction of sp³-hybridized carbons (Fsp3) is 0.800. The summed E-state index contributed by atoms with van der Waals surface area (Å²) in [6.07, 6.45) is 7.57. The second-order valence-corrected chi connectivity index (χ2v) is 11.8. The van der Waals surface area contributed by atoms with Crippen LogP contribution in [0.4, 0.5) is 0 Å². The maximum atomic E-state index is 12.1. The number of rotatable bonds is 6. The Balaban J connectivity index is 0.00000112. The number of hydrogen-bond acceptors (Lipinski definition) is 5. The Labute approximate surface area is 196 Å². The van der Waals surface area contributed by atoms with E-state index in [1.54, 1.807) is 4.88 Å². The minimum absolute atomic E-state index is 0.00998. The van der Waals surface area contributed by atoms with Gasteiger partial charge in [-0.1, -0.05) is 20.8 Å². The summed E-state index contributed by atoms with van der Waals surface area (Å²) in [5.41, 5.74) is 1.51. The molecule has 4 aliphatic rings. The van der Waals surface area contributed by atoms with Crippen molar-refractivity contribution in [2.75, 3.05) is 37.7 Å². The van der Waals surface area contributed by atoms with Crippen LogP contribution in [0.5, 0.6) is 0 Å². The van der Waals surface area contributed by atoms with Crippen LogP contribution in [0, 0.1) is 11.8 Å². The van der Waals surface area contributed by atoms with E-state index in [1.807, 2.05) is 36.9 Å². The summed E-state index contributed by atoms with van der Waals surface area (Å²) >= 11 is 3.97. The number of thioether (sulfide) groups is 1. The molecule has 3 aliphatic heterocycles. The zero-order chi connectivity index (χ0) is 21.8. The number of likely N-dealkylation sites (tertiary alicyclic amines) is 1. The molecule has 4 heterocycles. The quantitative estimate of drug-likeness (QED) is 0.654. The van der Waals surface area contributed by atoms with Crippen molar-refractivity contribution < 1.29 is 9.53 Å². The highest BCUT2D eigenvalue weighted by atomic mass is 32.2. The summed E-state index contributed by atoms with van der Waals surface area (Å²) in [5, 5.41) is 3.26. The lowest BCUT2D eigenvalue weighted by Crippen LogP contribution is -2.51. The first-order chi connectivity index (χ1) is 15.1. The Morgan fingerprint density at radius 2 is 1.97 bits per heavy atom. The van der Waals surface area contributed by atoms with Gasteiger partial charge in [-0.15, -0.1) is 11.3 Å². The van der Waals surface area contributed by atoms with Crippen molar-refractivity contribution in [2.24, 2.45) is 11.8 Å². The summed E-state index contributed by atoms with van der Waals surface area (Å²) in [5.74, 6) is 4.02. The van der Waals surface area contributed by atoms with Gasteiger partial charge in [-0.25, -0.2) is 0 Å². The normalized spacial score (nSPS) is 27.5. The first-order valence-electron chi connectivity index (χ1n) is 12.5.